The minimum atomic E-state index is -0.530. The predicted octanol–water partition coefficient (Wildman–Crippen LogP) is 4.15. The lowest BCUT2D eigenvalue weighted by atomic mass is 10.2. The average Bonchev–Trinajstić information content (AvgIpc) is 2.56. The molecule has 0 aliphatic rings. The molecule has 116 valence electrons. The number of anilines is 1. The quantitative estimate of drug-likeness (QED) is 0.720. The molecule has 0 bridgehead atoms. The maximum absolute atomic E-state index is 13.6. The topological polar surface area (TPSA) is 54.9 Å². The number of rotatable bonds is 4. The third-order valence-corrected chi connectivity index (χ3v) is 4.30. The maximum Gasteiger partial charge on any atom is 0.234 e. The van der Waals surface area contributed by atoms with Crippen LogP contribution < -0.4 is 5.32 Å². The molecule has 3 rings (SSSR count). The fourth-order valence-electron chi connectivity index (χ4n) is 2.02. The molecule has 1 heterocycles. The van der Waals surface area contributed by atoms with Gasteiger partial charge in [0.1, 0.15) is 10.8 Å². The molecule has 1 N–H and O–H groups in total. The Balaban J connectivity index is 1.70. The van der Waals surface area contributed by atoms with Gasteiger partial charge in [0.15, 0.2) is 0 Å². The van der Waals surface area contributed by atoms with Crippen molar-refractivity contribution < 1.29 is 9.18 Å². The van der Waals surface area contributed by atoms with Crippen LogP contribution in [0.2, 0.25) is 5.02 Å². The Kier molecular flexibility index (Phi) is 4.73. The van der Waals surface area contributed by atoms with Crippen molar-refractivity contribution in [2.45, 2.75) is 5.03 Å². The number of thioether (sulfide) groups is 1. The van der Waals surface area contributed by atoms with E-state index >= 15 is 0 Å². The number of halogens is 2. The average molecular weight is 348 g/mol. The van der Waals surface area contributed by atoms with Gasteiger partial charge in [0.25, 0.3) is 0 Å². The Hall–Kier alpha value is -2.18. The maximum atomic E-state index is 13.6. The molecular formula is C16H11ClFN3OS. The summed E-state index contributed by atoms with van der Waals surface area (Å²) in [5.74, 6) is -0.780. The summed E-state index contributed by atoms with van der Waals surface area (Å²) >= 11 is 7.04. The summed E-state index contributed by atoms with van der Waals surface area (Å²) in [7, 11) is 0. The van der Waals surface area contributed by atoms with Crippen molar-refractivity contribution >= 4 is 45.7 Å². The molecule has 1 aromatic heterocycles. The monoisotopic (exact) mass is 347 g/mol. The van der Waals surface area contributed by atoms with Crippen molar-refractivity contribution in [2.24, 2.45) is 0 Å². The number of carbonyl (C=O) groups excluding carboxylic acids is 1. The second kappa shape index (κ2) is 6.93. The molecule has 0 atom stereocenters. The second-order valence-corrected chi connectivity index (χ2v) is 6.10. The SMILES string of the molecule is O=C(CSc1nncc2ccccc12)Nc1cc(Cl)ccc1F. The molecule has 1 amide bonds. The molecule has 0 radical (unpaired) electrons. The zero-order valence-electron chi connectivity index (χ0n) is 11.8. The van der Waals surface area contributed by atoms with E-state index in [2.05, 4.69) is 15.5 Å². The van der Waals surface area contributed by atoms with Gasteiger partial charge in [-0.3, -0.25) is 4.79 Å². The summed E-state index contributed by atoms with van der Waals surface area (Å²) in [5, 5.41) is 13.4. The van der Waals surface area contributed by atoms with Gasteiger partial charge in [0, 0.05) is 15.8 Å². The van der Waals surface area contributed by atoms with E-state index in [0.717, 1.165) is 10.8 Å². The van der Waals surface area contributed by atoms with Crippen LogP contribution in [0.4, 0.5) is 10.1 Å². The number of nitrogens with one attached hydrogen (secondary N) is 1. The molecule has 4 nitrogen and oxygen atoms in total. The van der Waals surface area contributed by atoms with Crippen LogP contribution in [0.3, 0.4) is 0 Å². The number of benzene rings is 2. The minimum Gasteiger partial charge on any atom is -0.323 e. The number of hydrogen-bond donors (Lipinski definition) is 1. The van der Waals surface area contributed by atoms with Crippen LogP contribution in [-0.2, 0) is 4.79 Å². The van der Waals surface area contributed by atoms with E-state index in [1.807, 2.05) is 24.3 Å². The van der Waals surface area contributed by atoms with Crippen LogP contribution in [0.15, 0.2) is 53.7 Å². The van der Waals surface area contributed by atoms with E-state index in [1.165, 1.54) is 30.0 Å². The van der Waals surface area contributed by atoms with E-state index in [0.29, 0.717) is 10.0 Å². The van der Waals surface area contributed by atoms with Gasteiger partial charge in [0.05, 0.1) is 17.6 Å². The Morgan fingerprint density at radius 3 is 2.96 bits per heavy atom. The number of hydrogen-bond acceptors (Lipinski definition) is 4. The fraction of sp³-hybridized carbons (Fsp3) is 0.0625. The normalized spacial score (nSPS) is 10.7. The van der Waals surface area contributed by atoms with Gasteiger partial charge in [0.2, 0.25) is 5.91 Å². The van der Waals surface area contributed by atoms with Crippen LogP contribution in [0.25, 0.3) is 10.8 Å². The number of amides is 1. The molecule has 0 unspecified atom stereocenters. The third-order valence-electron chi connectivity index (χ3n) is 3.08. The van der Waals surface area contributed by atoms with E-state index < -0.39 is 5.82 Å². The van der Waals surface area contributed by atoms with Crippen LogP contribution in [0, 0.1) is 5.82 Å². The van der Waals surface area contributed by atoms with Gasteiger partial charge in [-0.2, -0.15) is 5.10 Å². The van der Waals surface area contributed by atoms with E-state index in [1.54, 1.807) is 6.20 Å². The molecule has 0 saturated carbocycles. The van der Waals surface area contributed by atoms with Gasteiger partial charge in [-0.25, -0.2) is 4.39 Å². The number of nitrogens with zero attached hydrogens (tertiary/aromatic N) is 2. The number of aromatic nitrogens is 2. The molecule has 0 saturated heterocycles. The van der Waals surface area contributed by atoms with Crippen LogP contribution in [0.5, 0.6) is 0 Å². The summed E-state index contributed by atoms with van der Waals surface area (Å²) in [6.45, 7) is 0. The highest BCUT2D eigenvalue weighted by Gasteiger charge is 2.10. The van der Waals surface area contributed by atoms with Gasteiger partial charge in [-0.15, -0.1) is 5.10 Å². The van der Waals surface area contributed by atoms with Gasteiger partial charge in [-0.1, -0.05) is 47.6 Å². The lowest BCUT2D eigenvalue weighted by molar-refractivity contribution is -0.113. The van der Waals surface area contributed by atoms with Gasteiger partial charge < -0.3 is 5.32 Å². The van der Waals surface area contributed by atoms with Crippen molar-refractivity contribution in [3.05, 3.63) is 59.5 Å². The number of carbonyl (C=O) groups is 1. The summed E-state index contributed by atoms with van der Waals surface area (Å²) in [4.78, 5) is 12.0. The molecule has 0 fully saturated rings. The molecule has 0 aliphatic carbocycles. The van der Waals surface area contributed by atoms with Gasteiger partial charge in [-0.05, 0) is 18.2 Å². The molecule has 7 heteroatoms. The highest BCUT2D eigenvalue weighted by Crippen LogP contribution is 2.25. The summed E-state index contributed by atoms with van der Waals surface area (Å²) in [6, 6.07) is 11.7. The Labute approximate surface area is 141 Å². The Morgan fingerprint density at radius 2 is 2.09 bits per heavy atom. The van der Waals surface area contributed by atoms with Gasteiger partial charge >= 0.3 is 0 Å². The van der Waals surface area contributed by atoms with Crippen molar-refractivity contribution in [3.63, 3.8) is 0 Å². The molecule has 0 spiro atoms. The standard InChI is InChI=1S/C16H11ClFN3OS/c17-11-5-6-13(18)14(7-11)20-15(22)9-23-16-12-4-2-1-3-10(12)8-19-21-16/h1-8H,9H2,(H,20,22). The van der Waals surface area contributed by atoms with Crippen molar-refractivity contribution in [2.75, 3.05) is 11.1 Å². The van der Waals surface area contributed by atoms with Crippen molar-refractivity contribution in [1.29, 1.82) is 0 Å². The lowest BCUT2D eigenvalue weighted by Gasteiger charge is -2.07. The first-order chi connectivity index (χ1) is 11.1. The first-order valence-electron chi connectivity index (χ1n) is 6.71. The lowest BCUT2D eigenvalue weighted by Crippen LogP contribution is -2.15. The molecular weight excluding hydrogens is 337 g/mol. The minimum absolute atomic E-state index is 0.0621. The van der Waals surface area contributed by atoms with Crippen LogP contribution in [-0.4, -0.2) is 21.9 Å². The second-order valence-electron chi connectivity index (χ2n) is 4.70. The van der Waals surface area contributed by atoms with Crippen molar-refractivity contribution in [1.82, 2.24) is 10.2 Å². The fourth-order valence-corrected chi connectivity index (χ4v) is 2.98. The molecule has 2 aromatic carbocycles. The first-order valence-corrected chi connectivity index (χ1v) is 8.08. The highest BCUT2D eigenvalue weighted by molar-refractivity contribution is 8.00. The molecule has 3 aromatic rings. The van der Waals surface area contributed by atoms with Crippen LogP contribution >= 0.6 is 23.4 Å². The first kappa shape index (κ1) is 15.7. The van der Waals surface area contributed by atoms with E-state index in [-0.39, 0.29) is 17.3 Å². The summed E-state index contributed by atoms with van der Waals surface area (Å²) in [6.07, 6.45) is 1.67. The summed E-state index contributed by atoms with van der Waals surface area (Å²) < 4.78 is 13.6. The smallest absolute Gasteiger partial charge is 0.234 e. The number of fused-ring (bicyclic) bond motifs is 1. The van der Waals surface area contributed by atoms with E-state index in [9.17, 15) is 9.18 Å². The van der Waals surface area contributed by atoms with E-state index in [4.69, 9.17) is 11.6 Å². The third kappa shape index (κ3) is 3.78. The Morgan fingerprint density at radius 1 is 1.26 bits per heavy atom. The zero-order valence-corrected chi connectivity index (χ0v) is 13.4. The van der Waals surface area contributed by atoms with Crippen LogP contribution in [0.1, 0.15) is 0 Å². The molecule has 23 heavy (non-hydrogen) atoms. The highest BCUT2D eigenvalue weighted by atomic mass is 35.5. The van der Waals surface area contributed by atoms with Crippen molar-refractivity contribution in [3.8, 4) is 0 Å². The zero-order chi connectivity index (χ0) is 16.2. The summed E-state index contributed by atoms with van der Waals surface area (Å²) in [5.41, 5.74) is 0.0621. The largest absolute Gasteiger partial charge is 0.323 e. The Bertz CT molecular complexity index is 870. The predicted molar refractivity (Wildman–Crippen MR) is 90.3 cm³/mol. The molecule has 0 aliphatic heterocycles.